The molecular formula is C13H13N2O+. The zero-order valence-electron chi connectivity index (χ0n) is 8.84. The second-order valence-electron chi connectivity index (χ2n) is 3.59. The normalized spacial score (nSPS) is 10.0. The summed E-state index contributed by atoms with van der Waals surface area (Å²) in [7, 11) is 0. The number of benzene rings is 1. The number of hydrogen-bond donors (Lipinski definition) is 1. The molecule has 2 aromatic rings. The highest BCUT2D eigenvalue weighted by molar-refractivity contribution is 5.76. The van der Waals surface area contributed by atoms with E-state index in [2.05, 4.69) is 0 Å². The molecule has 0 aliphatic rings. The molecule has 16 heavy (non-hydrogen) atoms. The van der Waals surface area contributed by atoms with E-state index in [1.54, 1.807) is 0 Å². The summed E-state index contributed by atoms with van der Waals surface area (Å²) >= 11 is 0. The van der Waals surface area contributed by atoms with Gasteiger partial charge in [-0.3, -0.25) is 4.79 Å². The molecule has 3 nitrogen and oxygen atoms in total. The van der Waals surface area contributed by atoms with Crippen LogP contribution in [-0.4, -0.2) is 5.91 Å². The van der Waals surface area contributed by atoms with Crippen LogP contribution in [-0.2, 0) is 11.2 Å². The third kappa shape index (κ3) is 2.45. The zero-order chi connectivity index (χ0) is 11.4. The molecule has 0 aliphatic carbocycles. The average Bonchev–Trinajstić information content (AvgIpc) is 2.30. The molecular weight excluding hydrogens is 200 g/mol. The Balaban J connectivity index is 2.23. The number of hydrogen-bond acceptors (Lipinski definition) is 1. The van der Waals surface area contributed by atoms with E-state index >= 15 is 0 Å². The maximum atomic E-state index is 10.7. The first-order valence-corrected chi connectivity index (χ1v) is 5.09. The van der Waals surface area contributed by atoms with E-state index in [0.29, 0.717) is 6.42 Å². The fraction of sp³-hybridized carbons (Fsp3) is 0.0769. The van der Waals surface area contributed by atoms with Gasteiger partial charge in [-0.05, 0) is 5.56 Å². The molecule has 0 radical (unpaired) electrons. The summed E-state index contributed by atoms with van der Waals surface area (Å²) in [5.74, 6) is -0.305. The van der Waals surface area contributed by atoms with Crippen LogP contribution in [0.15, 0.2) is 54.9 Å². The Morgan fingerprint density at radius 3 is 2.25 bits per heavy atom. The van der Waals surface area contributed by atoms with Gasteiger partial charge in [-0.15, -0.1) is 0 Å². The molecule has 0 spiro atoms. The SMILES string of the molecule is NC(=O)Cc1ccc(-[n+]2ccccc2)cc1. The highest BCUT2D eigenvalue weighted by Gasteiger charge is 2.04. The number of amides is 1. The smallest absolute Gasteiger partial charge is 0.221 e. The number of pyridine rings is 1. The Morgan fingerprint density at radius 2 is 1.69 bits per heavy atom. The summed E-state index contributed by atoms with van der Waals surface area (Å²) < 4.78 is 2.01. The molecule has 1 aromatic heterocycles. The summed E-state index contributed by atoms with van der Waals surface area (Å²) in [6.45, 7) is 0. The van der Waals surface area contributed by atoms with Gasteiger partial charge in [-0.1, -0.05) is 18.2 Å². The van der Waals surface area contributed by atoms with Crippen molar-refractivity contribution in [2.75, 3.05) is 0 Å². The number of carbonyl (C=O) groups is 1. The molecule has 0 fully saturated rings. The Labute approximate surface area is 94.1 Å². The number of rotatable bonds is 3. The molecule has 3 heteroatoms. The van der Waals surface area contributed by atoms with Crippen LogP contribution in [0.2, 0.25) is 0 Å². The van der Waals surface area contributed by atoms with E-state index in [-0.39, 0.29) is 5.91 Å². The summed E-state index contributed by atoms with van der Waals surface area (Å²) in [6.07, 6.45) is 4.24. The lowest BCUT2D eigenvalue weighted by molar-refractivity contribution is -0.595. The van der Waals surface area contributed by atoms with Crippen molar-refractivity contribution in [3.05, 3.63) is 60.4 Å². The molecule has 2 N–H and O–H groups in total. The first kappa shape index (κ1) is 10.4. The van der Waals surface area contributed by atoms with E-state index in [4.69, 9.17) is 5.73 Å². The Morgan fingerprint density at radius 1 is 1.06 bits per heavy atom. The number of primary amides is 1. The van der Waals surface area contributed by atoms with Gasteiger partial charge in [0, 0.05) is 24.3 Å². The molecule has 80 valence electrons. The van der Waals surface area contributed by atoms with Crippen LogP contribution < -0.4 is 10.3 Å². The van der Waals surface area contributed by atoms with Crippen molar-refractivity contribution in [3.8, 4) is 5.69 Å². The van der Waals surface area contributed by atoms with Gasteiger partial charge in [-0.2, -0.15) is 4.57 Å². The standard InChI is InChI=1S/C13H12N2O/c14-13(16)10-11-4-6-12(7-5-11)15-8-2-1-3-9-15/h1-9H,10H2,(H-,14,16)/p+1. The van der Waals surface area contributed by atoms with Crippen molar-refractivity contribution < 1.29 is 9.36 Å². The molecule has 0 saturated carbocycles. The molecule has 1 heterocycles. The lowest BCUT2D eigenvalue weighted by Gasteiger charge is -1.98. The van der Waals surface area contributed by atoms with Crippen LogP contribution in [0.4, 0.5) is 0 Å². The lowest BCUT2D eigenvalue weighted by atomic mass is 10.1. The van der Waals surface area contributed by atoms with E-state index in [0.717, 1.165) is 11.3 Å². The van der Waals surface area contributed by atoms with Crippen LogP contribution in [0.3, 0.4) is 0 Å². The van der Waals surface area contributed by atoms with Gasteiger partial charge in [0.1, 0.15) is 0 Å². The van der Waals surface area contributed by atoms with E-state index < -0.39 is 0 Å². The number of nitrogens with two attached hydrogens (primary N) is 1. The number of carbonyl (C=O) groups excluding carboxylic acids is 1. The van der Waals surface area contributed by atoms with Gasteiger partial charge in [0.2, 0.25) is 11.6 Å². The van der Waals surface area contributed by atoms with Crippen molar-refractivity contribution in [3.63, 3.8) is 0 Å². The molecule has 2 rings (SSSR count). The van der Waals surface area contributed by atoms with Crippen molar-refractivity contribution in [1.82, 2.24) is 0 Å². The average molecular weight is 213 g/mol. The van der Waals surface area contributed by atoms with E-state index in [1.807, 2.05) is 59.4 Å². The van der Waals surface area contributed by atoms with Crippen LogP contribution in [0.1, 0.15) is 5.56 Å². The van der Waals surface area contributed by atoms with Gasteiger partial charge in [0.05, 0.1) is 6.42 Å². The quantitative estimate of drug-likeness (QED) is 0.759. The van der Waals surface area contributed by atoms with Gasteiger partial charge in [0.15, 0.2) is 12.4 Å². The summed E-state index contributed by atoms with van der Waals surface area (Å²) in [5.41, 5.74) is 7.13. The van der Waals surface area contributed by atoms with Crippen molar-refractivity contribution in [2.24, 2.45) is 5.73 Å². The maximum absolute atomic E-state index is 10.7. The fourth-order valence-corrected chi connectivity index (χ4v) is 1.56. The molecule has 0 atom stereocenters. The first-order valence-electron chi connectivity index (χ1n) is 5.09. The van der Waals surface area contributed by atoms with Crippen LogP contribution in [0, 0.1) is 0 Å². The third-order valence-corrected chi connectivity index (χ3v) is 2.33. The highest BCUT2D eigenvalue weighted by atomic mass is 16.1. The minimum absolute atomic E-state index is 0.291. The minimum atomic E-state index is -0.305. The first-order chi connectivity index (χ1) is 7.75. The minimum Gasteiger partial charge on any atom is -0.369 e. The molecule has 0 aliphatic heterocycles. The largest absolute Gasteiger partial charge is 0.369 e. The summed E-state index contributed by atoms with van der Waals surface area (Å²) in [5, 5.41) is 0. The fourth-order valence-electron chi connectivity index (χ4n) is 1.56. The van der Waals surface area contributed by atoms with Crippen LogP contribution >= 0.6 is 0 Å². The van der Waals surface area contributed by atoms with Crippen LogP contribution in [0.25, 0.3) is 5.69 Å². The predicted molar refractivity (Wildman–Crippen MR) is 60.9 cm³/mol. The molecule has 0 saturated heterocycles. The molecule has 0 unspecified atom stereocenters. The highest BCUT2D eigenvalue weighted by Crippen LogP contribution is 2.04. The van der Waals surface area contributed by atoms with Gasteiger partial charge in [0.25, 0.3) is 0 Å². The molecule has 0 bridgehead atoms. The molecule has 1 aromatic carbocycles. The van der Waals surface area contributed by atoms with Crippen molar-refractivity contribution in [1.29, 1.82) is 0 Å². The van der Waals surface area contributed by atoms with Gasteiger partial charge < -0.3 is 5.73 Å². The summed E-state index contributed by atoms with van der Waals surface area (Å²) in [4.78, 5) is 10.7. The topological polar surface area (TPSA) is 47.0 Å². The van der Waals surface area contributed by atoms with Gasteiger partial charge >= 0.3 is 0 Å². The maximum Gasteiger partial charge on any atom is 0.221 e. The van der Waals surface area contributed by atoms with E-state index in [1.165, 1.54) is 0 Å². The lowest BCUT2D eigenvalue weighted by Crippen LogP contribution is -2.28. The number of nitrogens with zero attached hydrogens (tertiary/aromatic N) is 1. The summed E-state index contributed by atoms with van der Waals surface area (Å²) in [6, 6.07) is 13.7. The number of aromatic nitrogens is 1. The van der Waals surface area contributed by atoms with Crippen molar-refractivity contribution >= 4 is 5.91 Å². The monoisotopic (exact) mass is 213 g/mol. The Hall–Kier alpha value is -2.16. The second-order valence-corrected chi connectivity index (χ2v) is 3.59. The second kappa shape index (κ2) is 4.57. The predicted octanol–water partition coefficient (Wildman–Crippen LogP) is 0.991. The van der Waals surface area contributed by atoms with Gasteiger partial charge in [-0.25, -0.2) is 0 Å². The zero-order valence-corrected chi connectivity index (χ0v) is 8.84. The van der Waals surface area contributed by atoms with Crippen molar-refractivity contribution in [2.45, 2.75) is 6.42 Å². The Kier molecular flexibility index (Phi) is 2.96. The van der Waals surface area contributed by atoms with Crippen LogP contribution in [0.5, 0.6) is 0 Å². The molecule has 1 amide bonds. The van der Waals surface area contributed by atoms with E-state index in [9.17, 15) is 4.79 Å². The Bertz CT molecular complexity index is 477. The third-order valence-electron chi connectivity index (χ3n) is 2.33.